The number of halogens is 3. The first kappa shape index (κ1) is 22.2. The minimum Gasteiger partial charge on any atom is -0.292 e. The molecule has 0 aliphatic carbocycles. The Kier molecular flexibility index (Phi) is 6.13. The topological polar surface area (TPSA) is 94.1 Å². The molecular formula is C21H20F3N5O2S. The Morgan fingerprint density at radius 2 is 1.78 bits per heavy atom. The van der Waals surface area contributed by atoms with E-state index in [0.29, 0.717) is 18.9 Å². The molecule has 2 aromatic carbocycles. The van der Waals surface area contributed by atoms with Crippen LogP contribution in [0.15, 0.2) is 53.4 Å². The van der Waals surface area contributed by atoms with Crippen molar-refractivity contribution in [1.82, 2.24) is 19.7 Å². The fourth-order valence-corrected chi connectivity index (χ4v) is 4.02. The zero-order valence-electron chi connectivity index (χ0n) is 16.9. The molecular weight excluding hydrogens is 443 g/mol. The van der Waals surface area contributed by atoms with Crippen LogP contribution in [0.3, 0.4) is 0 Å². The number of benzene rings is 2. The zero-order chi connectivity index (χ0) is 22.9. The number of hydrogen-bond acceptors (Lipinski definition) is 5. The minimum atomic E-state index is -4.11. The molecule has 11 heteroatoms. The first-order valence-electron chi connectivity index (χ1n) is 9.80. The van der Waals surface area contributed by atoms with Gasteiger partial charge in [0, 0.05) is 25.1 Å². The smallest absolute Gasteiger partial charge is 0.238 e. The van der Waals surface area contributed by atoms with Crippen LogP contribution >= 0.6 is 0 Å². The molecule has 0 radical (unpaired) electrons. The van der Waals surface area contributed by atoms with Gasteiger partial charge in [0.1, 0.15) is 29.0 Å². The SMILES string of the molecule is NS(=O)(=O)c1ccc(-n2nc(CN3CC=CCC3)nc2Cc2c(F)cccc2F)c(F)c1. The maximum atomic E-state index is 14.8. The van der Waals surface area contributed by atoms with Crippen LogP contribution in [0, 0.1) is 17.5 Å². The van der Waals surface area contributed by atoms with Crippen LogP contribution < -0.4 is 5.14 Å². The van der Waals surface area contributed by atoms with Crippen LogP contribution in [0.5, 0.6) is 0 Å². The predicted molar refractivity (Wildman–Crippen MR) is 111 cm³/mol. The molecule has 2 heterocycles. The molecule has 0 atom stereocenters. The standard InChI is InChI=1S/C21H20F3N5O2S/c22-16-5-4-6-17(23)15(16)12-21-26-20(13-28-9-2-1-3-10-28)27-29(21)19-8-7-14(11-18(19)24)32(25,30)31/h1-2,4-8,11H,3,9-10,12-13H2,(H2,25,30,31). The van der Waals surface area contributed by atoms with E-state index >= 15 is 0 Å². The summed E-state index contributed by atoms with van der Waals surface area (Å²) in [4.78, 5) is 6.09. The fourth-order valence-electron chi connectivity index (χ4n) is 3.50. The Bertz CT molecular complexity index is 1270. The number of hydrogen-bond donors (Lipinski definition) is 1. The van der Waals surface area contributed by atoms with Crippen LogP contribution in [0.25, 0.3) is 5.69 Å². The van der Waals surface area contributed by atoms with Crippen molar-refractivity contribution in [3.05, 3.63) is 83.2 Å². The second-order valence-corrected chi connectivity index (χ2v) is 8.95. The molecule has 7 nitrogen and oxygen atoms in total. The summed E-state index contributed by atoms with van der Waals surface area (Å²) in [5.41, 5.74) is -0.336. The average Bonchev–Trinajstić information content (AvgIpc) is 3.12. The van der Waals surface area contributed by atoms with Crippen LogP contribution in [0.2, 0.25) is 0 Å². The van der Waals surface area contributed by atoms with Crippen LogP contribution in [0.1, 0.15) is 23.6 Å². The number of aromatic nitrogens is 3. The van der Waals surface area contributed by atoms with Crippen molar-refractivity contribution in [3.8, 4) is 5.69 Å². The maximum Gasteiger partial charge on any atom is 0.238 e. The first-order chi connectivity index (χ1) is 15.2. The van der Waals surface area contributed by atoms with Gasteiger partial charge in [-0.25, -0.2) is 36.4 Å². The monoisotopic (exact) mass is 463 g/mol. The molecule has 1 aliphatic heterocycles. The van der Waals surface area contributed by atoms with Gasteiger partial charge in [0.05, 0.1) is 11.4 Å². The van der Waals surface area contributed by atoms with Crippen molar-refractivity contribution in [2.45, 2.75) is 24.3 Å². The Balaban J connectivity index is 1.76. The molecule has 0 amide bonds. The highest BCUT2D eigenvalue weighted by molar-refractivity contribution is 7.89. The molecule has 0 unspecified atom stereocenters. The van der Waals surface area contributed by atoms with Crippen molar-refractivity contribution in [2.75, 3.05) is 13.1 Å². The third-order valence-electron chi connectivity index (χ3n) is 5.10. The maximum absolute atomic E-state index is 14.8. The third kappa shape index (κ3) is 4.74. The van der Waals surface area contributed by atoms with Gasteiger partial charge in [-0.2, -0.15) is 0 Å². The second kappa shape index (κ2) is 8.85. The average molecular weight is 463 g/mol. The highest BCUT2D eigenvalue weighted by atomic mass is 32.2. The van der Waals surface area contributed by atoms with E-state index in [9.17, 15) is 21.6 Å². The van der Waals surface area contributed by atoms with E-state index in [1.54, 1.807) is 0 Å². The number of sulfonamides is 1. The van der Waals surface area contributed by atoms with E-state index < -0.39 is 32.4 Å². The van der Waals surface area contributed by atoms with Gasteiger partial charge in [-0.05, 0) is 36.8 Å². The van der Waals surface area contributed by atoms with Gasteiger partial charge in [-0.1, -0.05) is 18.2 Å². The van der Waals surface area contributed by atoms with Gasteiger partial charge >= 0.3 is 0 Å². The van der Waals surface area contributed by atoms with Gasteiger partial charge in [0.15, 0.2) is 5.82 Å². The van der Waals surface area contributed by atoms with Crippen LogP contribution in [-0.4, -0.2) is 41.2 Å². The van der Waals surface area contributed by atoms with Gasteiger partial charge in [-0.15, -0.1) is 5.10 Å². The normalized spacial score (nSPS) is 14.8. The molecule has 32 heavy (non-hydrogen) atoms. The minimum absolute atomic E-state index is 0.110. The lowest BCUT2D eigenvalue weighted by Gasteiger charge is -2.20. The van der Waals surface area contributed by atoms with Crippen molar-refractivity contribution in [3.63, 3.8) is 0 Å². The van der Waals surface area contributed by atoms with Gasteiger partial charge in [0.25, 0.3) is 0 Å². The largest absolute Gasteiger partial charge is 0.292 e. The first-order valence-corrected chi connectivity index (χ1v) is 11.3. The molecule has 3 aromatic rings. The van der Waals surface area contributed by atoms with Gasteiger partial charge in [0.2, 0.25) is 10.0 Å². The second-order valence-electron chi connectivity index (χ2n) is 7.39. The Labute approximate surface area is 183 Å². The molecule has 2 N–H and O–H groups in total. The molecule has 0 bridgehead atoms. The van der Waals surface area contributed by atoms with E-state index in [1.807, 2.05) is 6.08 Å². The van der Waals surface area contributed by atoms with E-state index in [2.05, 4.69) is 21.1 Å². The Morgan fingerprint density at radius 3 is 2.41 bits per heavy atom. The number of rotatable bonds is 6. The summed E-state index contributed by atoms with van der Waals surface area (Å²) in [5.74, 6) is -1.97. The highest BCUT2D eigenvalue weighted by Crippen LogP contribution is 2.22. The molecule has 0 saturated carbocycles. The lowest BCUT2D eigenvalue weighted by atomic mass is 10.1. The van der Waals surface area contributed by atoms with E-state index in [-0.39, 0.29) is 23.5 Å². The van der Waals surface area contributed by atoms with E-state index in [4.69, 9.17) is 5.14 Å². The molecule has 168 valence electrons. The zero-order valence-corrected chi connectivity index (χ0v) is 17.7. The number of nitrogens with zero attached hydrogens (tertiary/aromatic N) is 4. The summed E-state index contributed by atoms with van der Waals surface area (Å²) in [6.07, 6.45) is 4.68. The summed E-state index contributed by atoms with van der Waals surface area (Å²) >= 11 is 0. The summed E-state index contributed by atoms with van der Waals surface area (Å²) < 4.78 is 67.5. The van der Waals surface area contributed by atoms with Crippen molar-refractivity contribution >= 4 is 10.0 Å². The molecule has 1 aromatic heterocycles. The fraction of sp³-hybridized carbons (Fsp3) is 0.238. The van der Waals surface area contributed by atoms with Crippen LogP contribution in [0.4, 0.5) is 13.2 Å². The Hall–Kier alpha value is -3.02. The number of primary sulfonamides is 1. The molecule has 0 saturated heterocycles. The number of nitrogens with two attached hydrogens (primary N) is 1. The van der Waals surface area contributed by atoms with Crippen molar-refractivity contribution in [2.24, 2.45) is 5.14 Å². The molecule has 4 rings (SSSR count). The van der Waals surface area contributed by atoms with Crippen LogP contribution in [-0.2, 0) is 23.0 Å². The summed E-state index contributed by atoms with van der Waals surface area (Å²) in [5, 5.41) is 9.42. The summed E-state index contributed by atoms with van der Waals surface area (Å²) in [6.45, 7) is 1.85. The lowest BCUT2D eigenvalue weighted by Crippen LogP contribution is -2.27. The third-order valence-corrected chi connectivity index (χ3v) is 6.01. The highest BCUT2D eigenvalue weighted by Gasteiger charge is 2.21. The quantitative estimate of drug-likeness (QED) is 0.568. The molecule has 1 aliphatic rings. The lowest BCUT2D eigenvalue weighted by molar-refractivity contribution is 0.283. The summed E-state index contributed by atoms with van der Waals surface area (Å²) in [6, 6.07) is 6.61. The van der Waals surface area contributed by atoms with E-state index in [0.717, 1.165) is 41.9 Å². The van der Waals surface area contributed by atoms with Gasteiger partial charge < -0.3 is 0 Å². The Morgan fingerprint density at radius 1 is 1.03 bits per heavy atom. The van der Waals surface area contributed by atoms with Crippen molar-refractivity contribution < 1.29 is 21.6 Å². The summed E-state index contributed by atoms with van der Waals surface area (Å²) in [7, 11) is -4.11. The molecule has 0 spiro atoms. The van der Waals surface area contributed by atoms with Crippen molar-refractivity contribution in [1.29, 1.82) is 0 Å². The van der Waals surface area contributed by atoms with Gasteiger partial charge in [-0.3, -0.25) is 4.90 Å². The van der Waals surface area contributed by atoms with E-state index in [1.165, 1.54) is 12.1 Å². The molecule has 0 fully saturated rings. The predicted octanol–water partition coefficient (Wildman–Crippen LogP) is 2.68.